The Balaban J connectivity index is 1.75. The number of likely N-dealkylation sites (tertiary alicyclic amines) is 1. The Morgan fingerprint density at radius 2 is 2.15 bits per heavy atom. The van der Waals surface area contributed by atoms with Crippen LogP contribution in [-0.4, -0.2) is 40.4 Å². The second-order valence-corrected chi connectivity index (χ2v) is 5.74. The zero-order chi connectivity index (χ0) is 13.9. The molecule has 0 radical (unpaired) electrons. The molecule has 3 heterocycles. The van der Waals surface area contributed by atoms with Crippen molar-refractivity contribution >= 4 is 38.6 Å². The first kappa shape index (κ1) is 13.3. The molecule has 1 fully saturated rings. The van der Waals surface area contributed by atoms with Crippen LogP contribution in [0.25, 0.3) is 11.0 Å². The zero-order valence-electron chi connectivity index (χ0n) is 11.0. The van der Waals surface area contributed by atoms with Crippen LogP contribution in [0, 0.1) is 0 Å². The SMILES string of the molecule is O=C(CNc1ccnc2cc(Br)cnc12)N1CCCC1. The molecule has 0 aromatic carbocycles. The van der Waals surface area contributed by atoms with Crippen LogP contribution in [0.15, 0.2) is 29.0 Å². The van der Waals surface area contributed by atoms with Gasteiger partial charge in [0.05, 0.1) is 17.7 Å². The maximum absolute atomic E-state index is 12.0. The normalized spacial score (nSPS) is 14.8. The summed E-state index contributed by atoms with van der Waals surface area (Å²) in [7, 11) is 0. The van der Waals surface area contributed by atoms with Crippen LogP contribution in [0.4, 0.5) is 5.69 Å². The number of carbonyl (C=O) groups excluding carboxylic acids is 1. The van der Waals surface area contributed by atoms with Gasteiger partial charge in [0, 0.05) is 30.0 Å². The summed E-state index contributed by atoms with van der Waals surface area (Å²) >= 11 is 3.38. The van der Waals surface area contributed by atoms with Gasteiger partial charge in [-0.15, -0.1) is 0 Å². The molecule has 1 aliphatic rings. The lowest BCUT2D eigenvalue weighted by Crippen LogP contribution is -2.33. The van der Waals surface area contributed by atoms with Crippen molar-refractivity contribution in [2.75, 3.05) is 25.0 Å². The number of anilines is 1. The second-order valence-electron chi connectivity index (χ2n) is 4.82. The van der Waals surface area contributed by atoms with Gasteiger partial charge in [-0.2, -0.15) is 0 Å². The molecule has 104 valence electrons. The maximum Gasteiger partial charge on any atom is 0.241 e. The third-order valence-electron chi connectivity index (χ3n) is 3.43. The van der Waals surface area contributed by atoms with Gasteiger partial charge in [0.2, 0.25) is 5.91 Å². The predicted molar refractivity (Wildman–Crippen MR) is 81.5 cm³/mol. The second kappa shape index (κ2) is 5.75. The zero-order valence-corrected chi connectivity index (χ0v) is 12.6. The summed E-state index contributed by atoms with van der Waals surface area (Å²) in [5.74, 6) is 0.143. The summed E-state index contributed by atoms with van der Waals surface area (Å²) in [4.78, 5) is 22.6. The van der Waals surface area contributed by atoms with Crippen LogP contribution < -0.4 is 5.32 Å². The van der Waals surface area contributed by atoms with Crippen LogP contribution in [0.3, 0.4) is 0 Å². The average molecular weight is 335 g/mol. The topological polar surface area (TPSA) is 58.1 Å². The Kier molecular flexibility index (Phi) is 3.82. The van der Waals surface area contributed by atoms with E-state index in [9.17, 15) is 4.79 Å². The Labute approximate surface area is 125 Å². The summed E-state index contributed by atoms with van der Waals surface area (Å²) in [5, 5.41) is 3.17. The van der Waals surface area contributed by atoms with Gasteiger partial charge < -0.3 is 10.2 Å². The number of fused-ring (bicyclic) bond motifs is 1. The first-order chi connectivity index (χ1) is 9.74. The maximum atomic E-state index is 12.0. The van der Waals surface area contributed by atoms with E-state index in [2.05, 4.69) is 31.2 Å². The molecule has 1 amide bonds. The third-order valence-corrected chi connectivity index (χ3v) is 3.87. The molecule has 0 bridgehead atoms. The predicted octanol–water partition coefficient (Wildman–Crippen LogP) is 2.43. The van der Waals surface area contributed by atoms with E-state index < -0.39 is 0 Å². The van der Waals surface area contributed by atoms with Gasteiger partial charge in [-0.3, -0.25) is 14.8 Å². The summed E-state index contributed by atoms with van der Waals surface area (Å²) in [6, 6.07) is 3.76. The highest BCUT2D eigenvalue weighted by Gasteiger charge is 2.17. The first-order valence-electron chi connectivity index (χ1n) is 6.66. The lowest BCUT2D eigenvalue weighted by molar-refractivity contribution is -0.128. The molecule has 0 unspecified atom stereocenters. The van der Waals surface area contributed by atoms with Crippen LogP contribution in [0.5, 0.6) is 0 Å². The van der Waals surface area contributed by atoms with Crippen LogP contribution in [0.2, 0.25) is 0 Å². The monoisotopic (exact) mass is 334 g/mol. The van der Waals surface area contributed by atoms with E-state index in [1.54, 1.807) is 12.4 Å². The Hall–Kier alpha value is -1.69. The minimum atomic E-state index is 0.143. The number of nitrogens with one attached hydrogen (secondary N) is 1. The number of halogens is 1. The Morgan fingerprint density at radius 1 is 1.35 bits per heavy atom. The van der Waals surface area contributed by atoms with Gasteiger partial charge >= 0.3 is 0 Å². The van der Waals surface area contributed by atoms with E-state index in [1.165, 1.54) is 0 Å². The number of pyridine rings is 2. The largest absolute Gasteiger partial charge is 0.374 e. The number of carbonyl (C=O) groups is 1. The smallest absolute Gasteiger partial charge is 0.241 e. The lowest BCUT2D eigenvalue weighted by Gasteiger charge is -2.16. The standard InChI is InChI=1S/C14H15BrN4O/c15-10-7-12-14(18-8-10)11(3-4-16-12)17-9-13(20)19-5-1-2-6-19/h3-4,7-8H,1-2,5-6,9H2,(H,16,17). The van der Waals surface area contributed by atoms with Crippen LogP contribution >= 0.6 is 15.9 Å². The number of aromatic nitrogens is 2. The van der Waals surface area contributed by atoms with E-state index in [1.807, 2.05) is 17.0 Å². The van der Waals surface area contributed by atoms with E-state index in [4.69, 9.17) is 0 Å². The van der Waals surface area contributed by atoms with Gasteiger partial charge in [0.25, 0.3) is 0 Å². The molecule has 2 aromatic rings. The fraction of sp³-hybridized carbons (Fsp3) is 0.357. The van der Waals surface area contributed by atoms with Crippen molar-refractivity contribution in [2.24, 2.45) is 0 Å². The fourth-order valence-electron chi connectivity index (χ4n) is 2.40. The number of hydrogen-bond acceptors (Lipinski definition) is 4. The molecule has 0 aliphatic carbocycles. The molecule has 1 saturated heterocycles. The molecule has 1 N–H and O–H groups in total. The molecule has 2 aromatic heterocycles. The van der Waals surface area contributed by atoms with E-state index >= 15 is 0 Å². The summed E-state index contributed by atoms with van der Waals surface area (Å²) in [5.41, 5.74) is 2.43. The highest BCUT2D eigenvalue weighted by molar-refractivity contribution is 9.10. The van der Waals surface area contributed by atoms with Crippen molar-refractivity contribution in [3.63, 3.8) is 0 Å². The van der Waals surface area contributed by atoms with E-state index in [0.717, 1.165) is 47.1 Å². The highest BCUT2D eigenvalue weighted by atomic mass is 79.9. The molecular formula is C14H15BrN4O. The Bertz CT molecular complexity index is 640. The Morgan fingerprint density at radius 3 is 2.95 bits per heavy atom. The molecule has 0 atom stereocenters. The summed E-state index contributed by atoms with van der Waals surface area (Å²) in [6.45, 7) is 2.06. The van der Waals surface area contributed by atoms with Gasteiger partial charge in [-0.25, -0.2) is 0 Å². The molecule has 0 saturated carbocycles. The quantitative estimate of drug-likeness (QED) is 0.936. The molecule has 0 spiro atoms. The van der Waals surface area contributed by atoms with E-state index in [-0.39, 0.29) is 5.91 Å². The fourth-order valence-corrected chi connectivity index (χ4v) is 2.72. The number of nitrogens with zero attached hydrogens (tertiary/aromatic N) is 3. The molecule has 5 nitrogen and oxygen atoms in total. The number of rotatable bonds is 3. The van der Waals surface area contributed by atoms with Crippen molar-refractivity contribution in [1.29, 1.82) is 0 Å². The average Bonchev–Trinajstić information content (AvgIpc) is 2.98. The van der Waals surface area contributed by atoms with Crippen LogP contribution in [0.1, 0.15) is 12.8 Å². The lowest BCUT2D eigenvalue weighted by atomic mass is 10.3. The van der Waals surface area contributed by atoms with Gasteiger partial charge in [-0.1, -0.05) is 0 Å². The molecule has 3 rings (SSSR count). The van der Waals surface area contributed by atoms with Crippen LogP contribution in [-0.2, 0) is 4.79 Å². The molecule has 1 aliphatic heterocycles. The molecule has 6 heteroatoms. The molecular weight excluding hydrogens is 320 g/mol. The highest BCUT2D eigenvalue weighted by Crippen LogP contribution is 2.21. The third kappa shape index (κ3) is 2.75. The first-order valence-corrected chi connectivity index (χ1v) is 7.45. The van der Waals surface area contributed by atoms with Crippen molar-refractivity contribution in [3.05, 3.63) is 29.0 Å². The minimum absolute atomic E-state index is 0.143. The van der Waals surface area contributed by atoms with Crippen molar-refractivity contribution < 1.29 is 4.79 Å². The van der Waals surface area contributed by atoms with Gasteiger partial charge in [0.15, 0.2) is 0 Å². The van der Waals surface area contributed by atoms with Crippen molar-refractivity contribution in [3.8, 4) is 0 Å². The summed E-state index contributed by atoms with van der Waals surface area (Å²) in [6.07, 6.45) is 5.68. The molecule has 20 heavy (non-hydrogen) atoms. The summed E-state index contributed by atoms with van der Waals surface area (Å²) < 4.78 is 0.891. The van der Waals surface area contributed by atoms with Gasteiger partial charge in [-0.05, 0) is 40.9 Å². The van der Waals surface area contributed by atoms with Crippen molar-refractivity contribution in [2.45, 2.75) is 12.8 Å². The van der Waals surface area contributed by atoms with Crippen molar-refractivity contribution in [1.82, 2.24) is 14.9 Å². The minimum Gasteiger partial charge on any atom is -0.374 e. The van der Waals surface area contributed by atoms with Gasteiger partial charge in [0.1, 0.15) is 5.52 Å². The number of hydrogen-bond donors (Lipinski definition) is 1. The number of amides is 1. The van der Waals surface area contributed by atoms with E-state index in [0.29, 0.717) is 6.54 Å².